The van der Waals surface area contributed by atoms with Crippen molar-refractivity contribution in [2.24, 2.45) is 0 Å². The van der Waals surface area contributed by atoms with Gasteiger partial charge in [0.05, 0.1) is 0 Å². The molecule has 1 saturated heterocycles. The lowest BCUT2D eigenvalue weighted by atomic mass is 10.2. The molecule has 0 aliphatic carbocycles. The molecule has 0 saturated carbocycles. The Balaban J connectivity index is 1.85. The van der Waals surface area contributed by atoms with Crippen molar-refractivity contribution in [2.75, 3.05) is 44.7 Å². The summed E-state index contributed by atoms with van der Waals surface area (Å²) in [6.45, 7) is 8.79. The smallest absolute Gasteiger partial charge is 0.0471 e. The molecule has 0 amide bonds. The SMILES string of the molecule is CCCNCc1ccc(N(C)CCN2CCCC2)cc1Cl. The second-order valence-corrected chi connectivity index (χ2v) is 6.33. The molecule has 1 aromatic rings. The fraction of sp³-hybridized carbons (Fsp3) is 0.647. The summed E-state index contributed by atoms with van der Waals surface area (Å²) in [5.41, 5.74) is 2.39. The van der Waals surface area contributed by atoms with Crippen LogP contribution in [0.5, 0.6) is 0 Å². The lowest BCUT2D eigenvalue weighted by Gasteiger charge is -2.23. The largest absolute Gasteiger partial charge is 0.373 e. The van der Waals surface area contributed by atoms with Crippen LogP contribution in [0.25, 0.3) is 0 Å². The number of anilines is 1. The minimum atomic E-state index is 0.852. The van der Waals surface area contributed by atoms with Gasteiger partial charge in [-0.05, 0) is 56.6 Å². The van der Waals surface area contributed by atoms with E-state index in [1.807, 2.05) is 0 Å². The number of hydrogen-bond donors (Lipinski definition) is 1. The van der Waals surface area contributed by atoms with Crippen molar-refractivity contribution in [3.63, 3.8) is 0 Å². The third kappa shape index (κ3) is 5.17. The van der Waals surface area contributed by atoms with Crippen LogP contribution in [-0.4, -0.2) is 44.7 Å². The second kappa shape index (κ2) is 8.62. The first kappa shape index (κ1) is 16.6. The van der Waals surface area contributed by atoms with Gasteiger partial charge in [0.25, 0.3) is 0 Å². The first-order chi connectivity index (χ1) is 10.2. The summed E-state index contributed by atoms with van der Waals surface area (Å²) < 4.78 is 0. The number of nitrogens with one attached hydrogen (secondary N) is 1. The molecule has 1 aliphatic rings. The van der Waals surface area contributed by atoms with E-state index < -0.39 is 0 Å². The number of rotatable bonds is 8. The Bertz CT molecular complexity index is 430. The van der Waals surface area contributed by atoms with E-state index in [2.05, 4.69) is 47.3 Å². The van der Waals surface area contributed by atoms with Gasteiger partial charge in [0.1, 0.15) is 0 Å². The van der Waals surface area contributed by atoms with Crippen molar-refractivity contribution in [3.8, 4) is 0 Å². The van der Waals surface area contributed by atoms with E-state index in [9.17, 15) is 0 Å². The zero-order chi connectivity index (χ0) is 15.1. The highest BCUT2D eigenvalue weighted by Crippen LogP contribution is 2.23. The van der Waals surface area contributed by atoms with Crippen molar-refractivity contribution in [3.05, 3.63) is 28.8 Å². The van der Waals surface area contributed by atoms with Crippen LogP contribution in [0.2, 0.25) is 5.02 Å². The van der Waals surface area contributed by atoms with Crippen LogP contribution in [0.3, 0.4) is 0 Å². The summed E-state index contributed by atoms with van der Waals surface area (Å²) >= 11 is 6.40. The first-order valence-corrected chi connectivity index (χ1v) is 8.51. The highest BCUT2D eigenvalue weighted by molar-refractivity contribution is 6.31. The predicted octanol–water partition coefficient (Wildman–Crippen LogP) is 3.37. The molecule has 3 nitrogen and oxygen atoms in total. The molecule has 118 valence electrons. The van der Waals surface area contributed by atoms with Crippen LogP contribution < -0.4 is 10.2 Å². The minimum Gasteiger partial charge on any atom is -0.373 e. The molecule has 0 atom stereocenters. The van der Waals surface area contributed by atoms with Gasteiger partial charge in [-0.15, -0.1) is 0 Å². The van der Waals surface area contributed by atoms with Crippen LogP contribution in [0.4, 0.5) is 5.69 Å². The van der Waals surface area contributed by atoms with Crippen molar-refractivity contribution >= 4 is 17.3 Å². The number of halogens is 1. The summed E-state index contributed by atoms with van der Waals surface area (Å²) in [6.07, 6.45) is 3.86. The second-order valence-electron chi connectivity index (χ2n) is 5.92. The normalized spacial score (nSPS) is 15.6. The maximum Gasteiger partial charge on any atom is 0.0471 e. The summed E-state index contributed by atoms with van der Waals surface area (Å²) in [5.74, 6) is 0. The van der Waals surface area contributed by atoms with Gasteiger partial charge < -0.3 is 15.1 Å². The summed E-state index contributed by atoms with van der Waals surface area (Å²) in [7, 11) is 2.15. The average Bonchev–Trinajstić information content (AvgIpc) is 3.00. The number of hydrogen-bond acceptors (Lipinski definition) is 3. The molecule has 4 heteroatoms. The van der Waals surface area contributed by atoms with Crippen molar-refractivity contribution in [2.45, 2.75) is 32.7 Å². The zero-order valence-corrected chi connectivity index (χ0v) is 14.1. The molecule has 0 radical (unpaired) electrons. The highest BCUT2D eigenvalue weighted by Gasteiger charge is 2.12. The zero-order valence-electron chi connectivity index (χ0n) is 13.4. The Hall–Kier alpha value is -0.770. The number of likely N-dealkylation sites (N-methyl/N-ethyl adjacent to an activating group) is 1. The standard InChI is InChI=1S/C17H28ClN3/c1-3-8-19-14-15-6-7-16(13-17(15)18)20(2)11-12-21-9-4-5-10-21/h6-7,13,19H,3-5,8-12,14H2,1-2H3. The third-order valence-electron chi connectivity index (χ3n) is 4.17. The van der Waals surface area contributed by atoms with E-state index >= 15 is 0 Å². The number of benzene rings is 1. The molecule has 21 heavy (non-hydrogen) atoms. The third-order valence-corrected chi connectivity index (χ3v) is 4.52. The molecular weight excluding hydrogens is 282 g/mol. The molecule has 1 N–H and O–H groups in total. The molecule has 1 aromatic carbocycles. The van der Waals surface area contributed by atoms with Gasteiger partial charge in [0.15, 0.2) is 0 Å². The van der Waals surface area contributed by atoms with Gasteiger partial charge in [-0.2, -0.15) is 0 Å². The van der Waals surface area contributed by atoms with Crippen LogP contribution in [0.1, 0.15) is 31.7 Å². The summed E-state index contributed by atoms with van der Waals surface area (Å²) in [4.78, 5) is 4.84. The van der Waals surface area contributed by atoms with E-state index in [1.165, 1.54) is 37.2 Å². The molecular formula is C17H28ClN3. The Labute approximate surface area is 134 Å². The molecule has 2 rings (SSSR count). The summed E-state index contributed by atoms with van der Waals surface area (Å²) in [5, 5.41) is 4.26. The van der Waals surface area contributed by atoms with Gasteiger partial charge in [0.2, 0.25) is 0 Å². The van der Waals surface area contributed by atoms with Gasteiger partial charge >= 0.3 is 0 Å². The molecule has 0 bridgehead atoms. The van der Waals surface area contributed by atoms with Crippen LogP contribution in [0.15, 0.2) is 18.2 Å². The van der Waals surface area contributed by atoms with Crippen LogP contribution in [0, 0.1) is 0 Å². The maximum atomic E-state index is 6.40. The number of likely N-dealkylation sites (tertiary alicyclic amines) is 1. The molecule has 0 aromatic heterocycles. The predicted molar refractivity (Wildman–Crippen MR) is 92.4 cm³/mol. The van der Waals surface area contributed by atoms with E-state index in [4.69, 9.17) is 11.6 Å². The Morgan fingerprint density at radius 3 is 2.71 bits per heavy atom. The fourth-order valence-corrected chi connectivity index (χ4v) is 2.99. The van der Waals surface area contributed by atoms with Crippen LogP contribution >= 0.6 is 11.6 Å². The molecule has 1 heterocycles. The van der Waals surface area contributed by atoms with E-state index in [-0.39, 0.29) is 0 Å². The average molecular weight is 310 g/mol. The van der Waals surface area contributed by atoms with Crippen LogP contribution in [-0.2, 0) is 6.54 Å². The molecule has 1 fully saturated rings. The van der Waals surface area contributed by atoms with Gasteiger partial charge in [-0.1, -0.05) is 24.6 Å². The van der Waals surface area contributed by atoms with Gasteiger partial charge in [-0.3, -0.25) is 0 Å². The number of nitrogens with zero attached hydrogens (tertiary/aromatic N) is 2. The van der Waals surface area contributed by atoms with E-state index in [1.54, 1.807) is 0 Å². The van der Waals surface area contributed by atoms with Gasteiger partial charge in [0, 0.05) is 37.4 Å². The first-order valence-electron chi connectivity index (χ1n) is 8.13. The topological polar surface area (TPSA) is 18.5 Å². The highest BCUT2D eigenvalue weighted by atomic mass is 35.5. The maximum absolute atomic E-state index is 6.40. The molecule has 0 unspecified atom stereocenters. The van der Waals surface area contributed by atoms with E-state index in [0.717, 1.165) is 37.6 Å². The van der Waals surface area contributed by atoms with Crippen molar-refractivity contribution in [1.82, 2.24) is 10.2 Å². The van der Waals surface area contributed by atoms with Crippen molar-refractivity contribution in [1.29, 1.82) is 0 Å². The minimum absolute atomic E-state index is 0.852. The quantitative estimate of drug-likeness (QED) is 0.743. The van der Waals surface area contributed by atoms with Gasteiger partial charge in [-0.25, -0.2) is 0 Å². The molecule has 1 aliphatic heterocycles. The Morgan fingerprint density at radius 2 is 2.05 bits per heavy atom. The lowest BCUT2D eigenvalue weighted by Crippen LogP contribution is -2.31. The lowest BCUT2D eigenvalue weighted by molar-refractivity contribution is 0.346. The van der Waals surface area contributed by atoms with Crippen molar-refractivity contribution < 1.29 is 0 Å². The summed E-state index contributed by atoms with van der Waals surface area (Å²) in [6, 6.07) is 6.42. The Morgan fingerprint density at radius 1 is 1.29 bits per heavy atom. The Kier molecular flexibility index (Phi) is 6.81. The fourth-order valence-electron chi connectivity index (χ4n) is 2.74. The van der Waals surface area contributed by atoms with E-state index in [0.29, 0.717) is 0 Å². The molecule has 0 spiro atoms. The monoisotopic (exact) mass is 309 g/mol.